The Hall–Kier alpha value is -1.33. The molecule has 2 aromatic rings. The predicted octanol–water partition coefficient (Wildman–Crippen LogP) is 3.65. The van der Waals surface area contributed by atoms with Crippen LogP contribution in [0, 0.1) is 0 Å². The number of aromatic nitrogens is 2. The molecule has 0 fully saturated rings. The highest BCUT2D eigenvalue weighted by Gasteiger charge is 2.14. The number of benzene rings is 1. The second-order valence-electron chi connectivity index (χ2n) is 4.08. The molecule has 0 radical (unpaired) electrons. The highest BCUT2D eigenvalue weighted by Crippen LogP contribution is 2.26. The molecule has 100 valence electrons. The van der Waals surface area contributed by atoms with E-state index >= 15 is 0 Å². The van der Waals surface area contributed by atoms with E-state index in [9.17, 15) is 4.79 Å². The molecule has 0 unspecified atom stereocenters. The third kappa shape index (κ3) is 3.16. The van der Waals surface area contributed by atoms with Gasteiger partial charge in [-0.2, -0.15) is 5.10 Å². The first kappa shape index (κ1) is 14.1. The molecule has 1 heterocycles. The minimum absolute atomic E-state index is 0.227. The van der Waals surface area contributed by atoms with Gasteiger partial charge in [-0.05, 0) is 30.7 Å². The molecule has 0 aliphatic heterocycles. The second kappa shape index (κ2) is 5.75. The molecular formula is C13H13BrClN3O. The molecule has 0 saturated heterocycles. The highest BCUT2D eigenvalue weighted by molar-refractivity contribution is 9.10. The van der Waals surface area contributed by atoms with Crippen molar-refractivity contribution in [2.45, 2.75) is 13.3 Å². The largest absolute Gasteiger partial charge is 0.319 e. The van der Waals surface area contributed by atoms with Crippen LogP contribution in [0.5, 0.6) is 0 Å². The lowest BCUT2D eigenvalue weighted by atomic mass is 10.2. The normalized spacial score (nSPS) is 10.5. The summed E-state index contributed by atoms with van der Waals surface area (Å²) >= 11 is 9.39. The molecule has 1 aromatic carbocycles. The molecule has 1 N–H and O–H groups in total. The molecule has 1 amide bonds. The fourth-order valence-corrected chi connectivity index (χ4v) is 2.22. The molecule has 19 heavy (non-hydrogen) atoms. The van der Waals surface area contributed by atoms with Gasteiger partial charge in [0, 0.05) is 11.5 Å². The number of hydrogen-bond donors (Lipinski definition) is 1. The summed E-state index contributed by atoms with van der Waals surface area (Å²) in [5, 5.41) is 7.52. The molecule has 0 spiro atoms. The van der Waals surface area contributed by atoms with Crippen molar-refractivity contribution in [3.63, 3.8) is 0 Å². The third-order valence-corrected chi connectivity index (χ3v) is 3.52. The van der Waals surface area contributed by atoms with Gasteiger partial charge in [-0.3, -0.25) is 9.48 Å². The van der Waals surface area contributed by atoms with E-state index in [4.69, 9.17) is 11.6 Å². The van der Waals surface area contributed by atoms with Crippen LogP contribution in [0.25, 0.3) is 0 Å². The van der Waals surface area contributed by atoms with Crippen LogP contribution in [0.2, 0.25) is 5.02 Å². The molecule has 4 nitrogen and oxygen atoms in total. The maximum absolute atomic E-state index is 12.2. The number of aryl methyl sites for hydroxylation is 2. The molecule has 2 rings (SSSR count). The van der Waals surface area contributed by atoms with Crippen molar-refractivity contribution < 1.29 is 4.79 Å². The minimum atomic E-state index is -0.227. The average Bonchev–Trinajstić information content (AvgIpc) is 2.75. The maximum Gasteiger partial charge on any atom is 0.273 e. The maximum atomic E-state index is 12.2. The van der Waals surface area contributed by atoms with E-state index in [0.29, 0.717) is 16.4 Å². The van der Waals surface area contributed by atoms with E-state index in [2.05, 4.69) is 26.3 Å². The number of nitrogens with one attached hydrogen (secondary N) is 1. The SMILES string of the molecule is CCc1cc(C(=O)Nc2cc(Br)ccc2Cl)n(C)n1. The van der Waals surface area contributed by atoms with E-state index in [1.807, 2.05) is 13.0 Å². The Balaban J connectivity index is 2.25. The number of anilines is 1. The van der Waals surface area contributed by atoms with Crippen molar-refractivity contribution in [2.24, 2.45) is 7.05 Å². The molecule has 6 heteroatoms. The first-order chi connectivity index (χ1) is 9.01. The van der Waals surface area contributed by atoms with Gasteiger partial charge in [-0.1, -0.05) is 34.5 Å². The summed E-state index contributed by atoms with van der Waals surface area (Å²) in [6, 6.07) is 7.08. The van der Waals surface area contributed by atoms with Crippen molar-refractivity contribution in [1.82, 2.24) is 9.78 Å². The molecule has 0 saturated carbocycles. The summed E-state index contributed by atoms with van der Waals surface area (Å²) in [5.41, 5.74) is 1.96. The van der Waals surface area contributed by atoms with Crippen LogP contribution in [0.4, 0.5) is 5.69 Å². The van der Waals surface area contributed by atoms with Gasteiger partial charge in [0.25, 0.3) is 5.91 Å². The number of halogens is 2. The Kier molecular flexibility index (Phi) is 4.27. The van der Waals surface area contributed by atoms with Crippen molar-refractivity contribution in [3.8, 4) is 0 Å². The Morgan fingerprint density at radius 2 is 2.21 bits per heavy atom. The smallest absolute Gasteiger partial charge is 0.273 e. The molecule has 0 atom stereocenters. The van der Waals surface area contributed by atoms with Crippen LogP contribution >= 0.6 is 27.5 Å². The highest BCUT2D eigenvalue weighted by atomic mass is 79.9. The van der Waals surface area contributed by atoms with Crippen LogP contribution in [-0.4, -0.2) is 15.7 Å². The minimum Gasteiger partial charge on any atom is -0.319 e. The van der Waals surface area contributed by atoms with Crippen LogP contribution in [-0.2, 0) is 13.5 Å². The first-order valence-electron chi connectivity index (χ1n) is 5.80. The van der Waals surface area contributed by atoms with Gasteiger partial charge in [0.15, 0.2) is 0 Å². The number of amides is 1. The summed E-state index contributed by atoms with van der Waals surface area (Å²) in [6.07, 6.45) is 0.790. The van der Waals surface area contributed by atoms with Gasteiger partial charge >= 0.3 is 0 Å². The number of hydrogen-bond acceptors (Lipinski definition) is 2. The van der Waals surface area contributed by atoms with Gasteiger partial charge < -0.3 is 5.32 Å². The summed E-state index contributed by atoms with van der Waals surface area (Å²) in [7, 11) is 1.75. The van der Waals surface area contributed by atoms with Gasteiger partial charge in [0.05, 0.1) is 16.4 Å². The van der Waals surface area contributed by atoms with Crippen LogP contribution in [0.15, 0.2) is 28.7 Å². The van der Waals surface area contributed by atoms with Gasteiger partial charge in [0.1, 0.15) is 5.69 Å². The Bertz CT molecular complexity index is 624. The number of rotatable bonds is 3. The van der Waals surface area contributed by atoms with Crippen LogP contribution < -0.4 is 5.32 Å². The van der Waals surface area contributed by atoms with E-state index < -0.39 is 0 Å². The zero-order valence-corrected chi connectivity index (χ0v) is 12.9. The summed E-state index contributed by atoms with van der Waals surface area (Å²) < 4.78 is 2.42. The lowest BCUT2D eigenvalue weighted by Gasteiger charge is -2.07. The standard InChI is InChI=1S/C13H13BrClN3O/c1-3-9-7-12(18(2)17-9)13(19)16-11-6-8(14)4-5-10(11)15/h4-7H,3H2,1-2H3,(H,16,19). The van der Waals surface area contributed by atoms with Gasteiger partial charge in [-0.15, -0.1) is 0 Å². The lowest BCUT2D eigenvalue weighted by Crippen LogP contribution is -2.16. The fraction of sp³-hybridized carbons (Fsp3) is 0.231. The van der Waals surface area contributed by atoms with Crippen molar-refractivity contribution in [2.75, 3.05) is 5.32 Å². The zero-order valence-electron chi connectivity index (χ0n) is 10.6. The first-order valence-corrected chi connectivity index (χ1v) is 6.97. The number of nitrogens with zero attached hydrogens (tertiary/aromatic N) is 2. The zero-order chi connectivity index (χ0) is 14.0. The average molecular weight is 343 g/mol. The van der Waals surface area contributed by atoms with Crippen molar-refractivity contribution in [3.05, 3.63) is 45.1 Å². The number of carbonyl (C=O) groups is 1. The molecule has 0 aliphatic rings. The third-order valence-electron chi connectivity index (χ3n) is 2.70. The Labute approximate surface area is 124 Å². The fourth-order valence-electron chi connectivity index (χ4n) is 1.69. The molecular weight excluding hydrogens is 330 g/mol. The summed E-state index contributed by atoms with van der Waals surface area (Å²) in [5.74, 6) is -0.227. The Morgan fingerprint density at radius 1 is 1.47 bits per heavy atom. The lowest BCUT2D eigenvalue weighted by molar-refractivity contribution is 0.101. The number of carbonyl (C=O) groups excluding carboxylic acids is 1. The molecule has 0 aliphatic carbocycles. The van der Waals surface area contributed by atoms with Crippen molar-refractivity contribution >= 4 is 39.1 Å². The van der Waals surface area contributed by atoms with Gasteiger partial charge in [0.2, 0.25) is 0 Å². The van der Waals surface area contributed by atoms with Crippen LogP contribution in [0.3, 0.4) is 0 Å². The second-order valence-corrected chi connectivity index (χ2v) is 5.40. The molecule has 0 bridgehead atoms. The monoisotopic (exact) mass is 341 g/mol. The Morgan fingerprint density at radius 3 is 2.84 bits per heavy atom. The van der Waals surface area contributed by atoms with Crippen molar-refractivity contribution in [1.29, 1.82) is 0 Å². The van der Waals surface area contributed by atoms with E-state index in [0.717, 1.165) is 16.6 Å². The van der Waals surface area contributed by atoms with E-state index in [-0.39, 0.29) is 5.91 Å². The van der Waals surface area contributed by atoms with Crippen LogP contribution in [0.1, 0.15) is 23.1 Å². The summed E-state index contributed by atoms with van der Waals surface area (Å²) in [6.45, 7) is 2.00. The van der Waals surface area contributed by atoms with E-state index in [1.54, 1.807) is 29.9 Å². The topological polar surface area (TPSA) is 46.9 Å². The summed E-state index contributed by atoms with van der Waals surface area (Å²) in [4.78, 5) is 12.2. The van der Waals surface area contributed by atoms with Gasteiger partial charge in [-0.25, -0.2) is 0 Å². The molecule has 1 aromatic heterocycles. The quantitative estimate of drug-likeness (QED) is 0.925. The predicted molar refractivity (Wildman–Crippen MR) is 79.7 cm³/mol. The van der Waals surface area contributed by atoms with E-state index in [1.165, 1.54) is 0 Å².